The van der Waals surface area contributed by atoms with E-state index in [1.165, 1.54) is 20.8 Å². The molecule has 0 radical (unpaired) electrons. The maximum atomic E-state index is 11.9. The normalized spacial score (nSPS) is 41.3. The minimum absolute atomic E-state index is 0.373. The Morgan fingerprint density at radius 3 is 2.00 bits per heavy atom. The molecule has 14 nitrogen and oxygen atoms in total. The molecule has 1 amide bonds. The molecule has 2 aliphatic rings. The Labute approximate surface area is 190 Å². The molecule has 0 unspecified atom stereocenters. The summed E-state index contributed by atoms with van der Waals surface area (Å²) in [6, 6.07) is -2.27. The van der Waals surface area contributed by atoms with Gasteiger partial charge in [-0.15, -0.1) is 0 Å². The van der Waals surface area contributed by atoms with Crippen molar-refractivity contribution in [2.75, 3.05) is 13.2 Å². The minimum Gasteiger partial charge on any atom is -0.394 e. The average molecular weight is 482 g/mol. The molecule has 0 aromatic rings. The molecule has 0 bridgehead atoms. The van der Waals surface area contributed by atoms with Crippen molar-refractivity contribution >= 4 is 11.7 Å². The molecule has 2 heterocycles. The number of aliphatic hydroxyl groups excluding tert-OH is 6. The van der Waals surface area contributed by atoms with Crippen molar-refractivity contribution in [1.29, 1.82) is 0 Å². The summed E-state index contributed by atoms with van der Waals surface area (Å²) in [4.78, 5) is 23.5. The first-order valence-corrected chi connectivity index (χ1v) is 10.5. The van der Waals surface area contributed by atoms with Gasteiger partial charge in [-0.1, -0.05) is 0 Å². The number of carbonyl (C=O) groups excluding carboxylic acids is 2. The molecular weight excluding hydrogens is 448 g/mol. The van der Waals surface area contributed by atoms with Gasteiger partial charge in [-0.05, 0) is 13.8 Å². The van der Waals surface area contributed by atoms with Gasteiger partial charge in [0.05, 0.1) is 25.4 Å². The summed E-state index contributed by atoms with van der Waals surface area (Å²) in [5.41, 5.74) is 5.80. The summed E-state index contributed by atoms with van der Waals surface area (Å²) < 4.78 is 22.3. The van der Waals surface area contributed by atoms with Gasteiger partial charge in [0.2, 0.25) is 5.91 Å². The van der Waals surface area contributed by atoms with E-state index in [-0.39, 0.29) is 5.78 Å². The molecule has 9 N–H and O–H groups in total. The Kier molecular flexibility index (Phi) is 10.1. The first-order chi connectivity index (χ1) is 15.4. The van der Waals surface area contributed by atoms with Crippen LogP contribution in [-0.4, -0.2) is 129 Å². The maximum Gasteiger partial charge on any atom is 0.217 e. The highest BCUT2D eigenvalue weighted by molar-refractivity contribution is 5.81. The summed E-state index contributed by atoms with van der Waals surface area (Å²) in [6.45, 7) is 2.55. The predicted molar refractivity (Wildman–Crippen MR) is 107 cm³/mol. The van der Waals surface area contributed by atoms with Crippen molar-refractivity contribution in [2.24, 2.45) is 5.73 Å². The van der Waals surface area contributed by atoms with E-state index < -0.39 is 92.6 Å². The van der Waals surface area contributed by atoms with Crippen LogP contribution in [0.1, 0.15) is 20.8 Å². The molecule has 2 fully saturated rings. The van der Waals surface area contributed by atoms with Crippen LogP contribution in [0.3, 0.4) is 0 Å². The molecule has 0 saturated carbocycles. The molecule has 192 valence electrons. The quantitative estimate of drug-likeness (QED) is 0.154. The van der Waals surface area contributed by atoms with Gasteiger partial charge in [0.25, 0.3) is 0 Å². The van der Waals surface area contributed by atoms with Crippen LogP contribution in [0, 0.1) is 0 Å². The van der Waals surface area contributed by atoms with Gasteiger partial charge in [-0.3, -0.25) is 9.59 Å². The minimum atomic E-state index is -1.78. The number of ketones is 1. The lowest BCUT2D eigenvalue weighted by molar-refractivity contribution is -0.347. The Morgan fingerprint density at radius 1 is 0.939 bits per heavy atom. The Hall–Kier alpha value is -1.30. The van der Waals surface area contributed by atoms with E-state index in [1.54, 1.807) is 0 Å². The van der Waals surface area contributed by atoms with Gasteiger partial charge in [0, 0.05) is 6.92 Å². The molecular formula is C19H34N2O12. The lowest BCUT2D eigenvalue weighted by atomic mass is 9.95. The fourth-order valence-electron chi connectivity index (χ4n) is 3.70. The van der Waals surface area contributed by atoms with Crippen LogP contribution < -0.4 is 11.1 Å². The largest absolute Gasteiger partial charge is 0.394 e. The second-order valence-corrected chi connectivity index (χ2v) is 8.22. The number of aliphatic hydroxyl groups is 6. The third-order valence-electron chi connectivity index (χ3n) is 5.69. The SMILES string of the molecule is CC(=O)N[C@H]1[C@@H](O[C@H](C)[C@H](N)C(C)=O)O[C@H](CO)[C@H](O)[C@@H]1O[C@H]1O[C@H](CO)[C@H](O)[C@H](O)[C@H]1O. The number of ether oxygens (including phenoxy) is 4. The molecule has 2 saturated heterocycles. The van der Waals surface area contributed by atoms with Crippen LogP contribution in [0.2, 0.25) is 0 Å². The van der Waals surface area contributed by atoms with Crippen LogP contribution in [-0.2, 0) is 28.5 Å². The van der Waals surface area contributed by atoms with Crippen molar-refractivity contribution < 1.29 is 59.2 Å². The van der Waals surface area contributed by atoms with E-state index in [4.69, 9.17) is 24.7 Å². The number of amides is 1. The number of carbonyl (C=O) groups is 2. The second-order valence-electron chi connectivity index (χ2n) is 8.22. The fraction of sp³-hybridized carbons (Fsp3) is 0.895. The van der Waals surface area contributed by atoms with Crippen molar-refractivity contribution in [3.8, 4) is 0 Å². The molecule has 0 aromatic heterocycles. The monoisotopic (exact) mass is 482 g/mol. The van der Waals surface area contributed by atoms with Crippen LogP contribution in [0.15, 0.2) is 0 Å². The molecule has 2 rings (SSSR count). The van der Waals surface area contributed by atoms with Gasteiger partial charge in [-0.25, -0.2) is 0 Å². The first-order valence-electron chi connectivity index (χ1n) is 10.5. The van der Waals surface area contributed by atoms with Gasteiger partial charge in [0.15, 0.2) is 12.6 Å². The number of nitrogens with two attached hydrogens (primary N) is 1. The Balaban J connectivity index is 2.32. The topological polar surface area (TPSA) is 230 Å². The highest BCUT2D eigenvalue weighted by atomic mass is 16.7. The van der Waals surface area contributed by atoms with E-state index in [1.807, 2.05) is 0 Å². The molecule has 14 heteroatoms. The average Bonchev–Trinajstić information content (AvgIpc) is 2.76. The van der Waals surface area contributed by atoms with Crippen molar-refractivity contribution in [3.63, 3.8) is 0 Å². The smallest absolute Gasteiger partial charge is 0.217 e. The molecule has 12 atom stereocenters. The molecule has 0 spiro atoms. The number of nitrogens with one attached hydrogen (secondary N) is 1. The zero-order valence-corrected chi connectivity index (χ0v) is 18.6. The van der Waals surface area contributed by atoms with Gasteiger partial charge in [0.1, 0.15) is 54.6 Å². The second kappa shape index (κ2) is 11.9. The zero-order valence-electron chi connectivity index (χ0n) is 18.6. The summed E-state index contributed by atoms with van der Waals surface area (Å²) in [7, 11) is 0. The van der Waals surface area contributed by atoms with E-state index in [0.717, 1.165) is 0 Å². The van der Waals surface area contributed by atoms with Gasteiger partial charge in [-0.2, -0.15) is 0 Å². The first kappa shape index (κ1) is 27.9. The number of hydrogen-bond donors (Lipinski definition) is 8. The molecule has 0 aromatic carbocycles. The number of rotatable bonds is 9. The van der Waals surface area contributed by atoms with Crippen molar-refractivity contribution in [3.05, 3.63) is 0 Å². The van der Waals surface area contributed by atoms with Crippen molar-refractivity contribution in [1.82, 2.24) is 5.32 Å². The van der Waals surface area contributed by atoms with Gasteiger partial charge >= 0.3 is 0 Å². The molecule has 33 heavy (non-hydrogen) atoms. The zero-order chi connectivity index (χ0) is 25.0. The van der Waals surface area contributed by atoms with E-state index in [9.17, 15) is 40.2 Å². The highest BCUT2D eigenvalue weighted by Crippen LogP contribution is 2.30. The van der Waals surface area contributed by atoms with Crippen LogP contribution in [0.4, 0.5) is 0 Å². The van der Waals surface area contributed by atoms with E-state index in [0.29, 0.717) is 0 Å². The van der Waals surface area contributed by atoms with Crippen LogP contribution >= 0.6 is 0 Å². The van der Waals surface area contributed by atoms with E-state index in [2.05, 4.69) is 5.32 Å². The fourth-order valence-corrected chi connectivity index (χ4v) is 3.70. The highest BCUT2D eigenvalue weighted by Gasteiger charge is 2.52. The lowest BCUT2D eigenvalue weighted by Crippen LogP contribution is -2.68. The van der Waals surface area contributed by atoms with E-state index >= 15 is 0 Å². The van der Waals surface area contributed by atoms with Crippen LogP contribution in [0.25, 0.3) is 0 Å². The Morgan fingerprint density at radius 2 is 1.48 bits per heavy atom. The summed E-state index contributed by atoms with van der Waals surface area (Å²) in [5.74, 6) is -0.944. The predicted octanol–water partition coefficient (Wildman–Crippen LogP) is -4.92. The Bertz CT molecular complexity index is 667. The summed E-state index contributed by atoms with van der Waals surface area (Å²) >= 11 is 0. The number of hydrogen-bond acceptors (Lipinski definition) is 13. The summed E-state index contributed by atoms with van der Waals surface area (Å²) in [5, 5.41) is 62.5. The lowest BCUT2D eigenvalue weighted by Gasteiger charge is -2.47. The third-order valence-corrected chi connectivity index (χ3v) is 5.69. The molecule has 0 aliphatic carbocycles. The van der Waals surface area contributed by atoms with Crippen molar-refractivity contribution in [2.45, 2.75) is 94.3 Å². The third kappa shape index (κ3) is 6.43. The van der Waals surface area contributed by atoms with Gasteiger partial charge < -0.3 is 60.6 Å². The van der Waals surface area contributed by atoms with Crippen LogP contribution in [0.5, 0.6) is 0 Å². The maximum absolute atomic E-state index is 11.9. The molecule has 2 aliphatic heterocycles. The number of Topliss-reactive ketones (excluding diaryl/α,β-unsaturated/α-hetero) is 1. The standard InChI is InChI=1S/C19H34N2O12/c1-6(24)11(20)7(2)30-18-12(21-8(3)25)17(14(27)10(5-23)31-18)33-19-16(29)15(28)13(26)9(4-22)32-19/h7,9-19,22-23,26-29H,4-5,20H2,1-3H3,(H,21,25)/t7-,9-,10-,11-,12-,13+,14+,15+,16-,17-,18+,19-/m1/s1. The summed E-state index contributed by atoms with van der Waals surface area (Å²) in [6.07, 6.45) is -14.6.